The molecule has 0 bridgehead atoms. The molecule has 0 amide bonds. The van der Waals surface area contributed by atoms with Crippen LogP contribution in [0.15, 0.2) is 34.8 Å². The van der Waals surface area contributed by atoms with Gasteiger partial charge in [-0.3, -0.25) is 10.1 Å². The predicted octanol–water partition coefficient (Wildman–Crippen LogP) is 5.08. The molecule has 20 heavy (non-hydrogen) atoms. The molecule has 0 aromatic heterocycles. The Labute approximate surface area is 125 Å². The monoisotopic (exact) mass is 363 g/mol. The molecule has 2 aromatic carbocycles. The Balaban J connectivity index is 2.47. The van der Waals surface area contributed by atoms with E-state index in [0.29, 0.717) is 0 Å². The van der Waals surface area contributed by atoms with Gasteiger partial charge in [-0.25, -0.2) is 8.78 Å². The van der Waals surface area contributed by atoms with Crippen molar-refractivity contribution in [3.63, 3.8) is 0 Å². The molecule has 2 aromatic rings. The molecule has 4 nitrogen and oxygen atoms in total. The standard InChI is InChI=1S/C12H5BrClF2NO3/c13-7-3-6(15)1-2-11(7)20-12-5-9(16)8(14)4-10(12)17(18)19/h1-5H. The molecule has 0 aliphatic heterocycles. The first-order chi connectivity index (χ1) is 9.38. The second-order valence-electron chi connectivity index (χ2n) is 3.67. The minimum Gasteiger partial charge on any atom is -0.449 e. The number of rotatable bonds is 3. The molecule has 0 radical (unpaired) electrons. The van der Waals surface area contributed by atoms with E-state index < -0.39 is 22.2 Å². The highest BCUT2D eigenvalue weighted by Gasteiger charge is 2.20. The Hall–Kier alpha value is -1.73. The Morgan fingerprint density at radius 2 is 1.90 bits per heavy atom. The Bertz CT molecular complexity index is 697. The summed E-state index contributed by atoms with van der Waals surface area (Å²) in [4.78, 5) is 10.1. The highest BCUT2D eigenvalue weighted by atomic mass is 79.9. The first-order valence-electron chi connectivity index (χ1n) is 5.15. The van der Waals surface area contributed by atoms with Gasteiger partial charge in [-0.1, -0.05) is 11.6 Å². The number of nitro groups is 1. The number of ether oxygens (including phenoxy) is 1. The molecular weight excluding hydrogens is 359 g/mol. The normalized spacial score (nSPS) is 10.4. The number of benzene rings is 2. The van der Waals surface area contributed by atoms with Crippen LogP contribution in [0.1, 0.15) is 0 Å². The molecule has 0 unspecified atom stereocenters. The third-order valence-electron chi connectivity index (χ3n) is 2.31. The fourth-order valence-electron chi connectivity index (χ4n) is 1.42. The van der Waals surface area contributed by atoms with E-state index in [1.165, 1.54) is 6.07 Å². The summed E-state index contributed by atoms with van der Waals surface area (Å²) < 4.78 is 31.8. The number of nitrogens with zero attached hydrogens (tertiary/aromatic N) is 1. The zero-order valence-corrected chi connectivity index (χ0v) is 11.9. The maximum atomic E-state index is 13.4. The van der Waals surface area contributed by atoms with Crippen molar-refractivity contribution in [3.05, 3.63) is 61.6 Å². The molecule has 0 aliphatic rings. The topological polar surface area (TPSA) is 52.4 Å². The van der Waals surface area contributed by atoms with E-state index in [1.807, 2.05) is 0 Å². The molecular formula is C12H5BrClF2NO3. The van der Waals surface area contributed by atoms with Crippen molar-refractivity contribution in [2.75, 3.05) is 0 Å². The van der Waals surface area contributed by atoms with Crippen molar-refractivity contribution in [1.29, 1.82) is 0 Å². The van der Waals surface area contributed by atoms with Crippen LogP contribution in [0.3, 0.4) is 0 Å². The summed E-state index contributed by atoms with van der Waals surface area (Å²) in [5.74, 6) is -1.59. The van der Waals surface area contributed by atoms with Gasteiger partial charge in [-0.2, -0.15) is 0 Å². The van der Waals surface area contributed by atoms with Gasteiger partial charge in [0, 0.05) is 12.1 Å². The molecule has 0 aliphatic carbocycles. The SMILES string of the molecule is O=[N+]([O-])c1cc(Cl)c(F)cc1Oc1ccc(F)cc1Br. The van der Waals surface area contributed by atoms with Gasteiger partial charge in [0.05, 0.1) is 14.4 Å². The fourth-order valence-corrected chi connectivity index (χ4v) is 2.01. The second kappa shape index (κ2) is 5.72. The van der Waals surface area contributed by atoms with Crippen LogP contribution in [0.5, 0.6) is 11.5 Å². The van der Waals surface area contributed by atoms with E-state index in [2.05, 4.69) is 15.9 Å². The first-order valence-corrected chi connectivity index (χ1v) is 6.32. The quantitative estimate of drug-likeness (QED) is 0.563. The molecule has 2 rings (SSSR count). The molecule has 0 fully saturated rings. The maximum Gasteiger partial charge on any atom is 0.313 e. The van der Waals surface area contributed by atoms with Crippen molar-refractivity contribution in [1.82, 2.24) is 0 Å². The van der Waals surface area contributed by atoms with Crippen LogP contribution < -0.4 is 4.74 Å². The third-order valence-corrected chi connectivity index (χ3v) is 3.22. The average molecular weight is 365 g/mol. The van der Waals surface area contributed by atoms with Gasteiger partial charge in [-0.15, -0.1) is 0 Å². The molecule has 0 spiro atoms. The van der Waals surface area contributed by atoms with Crippen LogP contribution in [0.4, 0.5) is 14.5 Å². The molecule has 0 N–H and O–H groups in total. The van der Waals surface area contributed by atoms with E-state index in [9.17, 15) is 18.9 Å². The zero-order valence-electron chi connectivity index (χ0n) is 9.57. The Kier molecular flexibility index (Phi) is 4.20. The lowest BCUT2D eigenvalue weighted by molar-refractivity contribution is -0.385. The molecule has 104 valence electrons. The molecule has 0 heterocycles. The minimum absolute atomic E-state index is 0.108. The first kappa shape index (κ1) is 14.7. The molecule has 0 saturated carbocycles. The van der Waals surface area contributed by atoms with Crippen LogP contribution in [0.25, 0.3) is 0 Å². The van der Waals surface area contributed by atoms with E-state index >= 15 is 0 Å². The number of nitro benzene ring substituents is 1. The van der Waals surface area contributed by atoms with Crippen LogP contribution in [-0.4, -0.2) is 4.92 Å². The second-order valence-corrected chi connectivity index (χ2v) is 4.93. The maximum absolute atomic E-state index is 13.4. The van der Waals surface area contributed by atoms with Crippen molar-refractivity contribution in [2.45, 2.75) is 0 Å². The van der Waals surface area contributed by atoms with Gasteiger partial charge in [0.15, 0.2) is 0 Å². The van der Waals surface area contributed by atoms with Gasteiger partial charge in [0.2, 0.25) is 5.75 Å². The number of hydrogen-bond acceptors (Lipinski definition) is 3. The van der Waals surface area contributed by atoms with E-state index in [-0.39, 0.29) is 21.0 Å². The molecule has 0 saturated heterocycles. The third kappa shape index (κ3) is 3.05. The zero-order chi connectivity index (χ0) is 14.9. The average Bonchev–Trinajstić information content (AvgIpc) is 2.36. The number of hydrogen-bond donors (Lipinski definition) is 0. The molecule has 8 heteroatoms. The summed E-state index contributed by atoms with van der Waals surface area (Å²) in [5.41, 5.74) is -0.493. The van der Waals surface area contributed by atoms with Crippen molar-refractivity contribution in [3.8, 4) is 11.5 Å². The van der Waals surface area contributed by atoms with Crippen LogP contribution >= 0.6 is 27.5 Å². The van der Waals surface area contributed by atoms with E-state index in [0.717, 1.165) is 24.3 Å². The summed E-state index contributed by atoms with van der Waals surface area (Å²) in [6.07, 6.45) is 0. The van der Waals surface area contributed by atoms with Gasteiger partial charge < -0.3 is 4.74 Å². The summed E-state index contributed by atoms with van der Waals surface area (Å²) in [5, 5.41) is 10.5. The predicted molar refractivity (Wildman–Crippen MR) is 72.2 cm³/mol. The highest BCUT2D eigenvalue weighted by Crippen LogP contribution is 2.37. The summed E-state index contributed by atoms with van der Waals surface area (Å²) in [7, 11) is 0. The van der Waals surface area contributed by atoms with Gasteiger partial charge in [0.25, 0.3) is 0 Å². The molecule has 0 atom stereocenters. The van der Waals surface area contributed by atoms with Gasteiger partial charge in [-0.05, 0) is 34.1 Å². The lowest BCUT2D eigenvalue weighted by Crippen LogP contribution is -1.95. The van der Waals surface area contributed by atoms with E-state index in [1.54, 1.807) is 0 Å². The summed E-state index contributed by atoms with van der Waals surface area (Å²) in [6.45, 7) is 0. The van der Waals surface area contributed by atoms with Gasteiger partial charge >= 0.3 is 5.69 Å². The van der Waals surface area contributed by atoms with Crippen LogP contribution in [0, 0.1) is 21.7 Å². The smallest absolute Gasteiger partial charge is 0.313 e. The van der Waals surface area contributed by atoms with Gasteiger partial charge in [0.1, 0.15) is 17.4 Å². The Morgan fingerprint density at radius 1 is 1.20 bits per heavy atom. The Morgan fingerprint density at radius 3 is 2.50 bits per heavy atom. The lowest BCUT2D eigenvalue weighted by Gasteiger charge is -2.08. The largest absolute Gasteiger partial charge is 0.449 e. The van der Waals surface area contributed by atoms with Crippen molar-refractivity contribution < 1.29 is 18.4 Å². The minimum atomic E-state index is -0.856. The van der Waals surface area contributed by atoms with Crippen LogP contribution in [-0.2, 0) is 0 Å². The lowest BCUT2D eigenvalue weighted by atomic mass is 10.2. The number of halogens is 4. The highest BCUT2D eigenvalue weighted by molar-refractivity contribution is 9.10. The van der Waals surface area contributed by atoms with Crippen molar-refractivity contribution >= 4 is 33.2 Å². The fraction of sp³-hybridized carbons (Fsp3) is 0. The van der Waals surface area contributed by atoms with Crippen LogP contribution in [0.2, 0.25) is 5.02 Å². The van der Waals surface area contributed by atoms with E-state index in [4.69, 9.17) is 16.3 Å². The summed E-state index contributed by atoms with van der Waals surface area (Å²) >= 11 is 8.54. The summed E-state index contributed by atoms with van der Waals surface area (Å²) in [6, 6.07) is 5.14. The van der Waals surface area contributed by atoms with Crippen molar-refractivity contribution in [2.24, 2.45) is 0 Å².